The molecule has 0 unspecified atom stereocenters. The van der Waals surface area contributed by atoms with Crippen LogP contribution in [0.5, 0.6) is 0 Å². The molecule has 0 bridgehead atoms. The molecule has 3 aromatic rings. The van der Waals surface area contributed by atoms with Crippen molar-refractivity contribution in [3.63, 3.8) is 0 Å². The van der Waals surface area contributed by atoms with Crippen molar-refractivity contribution in [1.82, 2.24) is 5.32 Å². The van der Waals surface area contributed by atoms with Gasteiger partial charge in [0.25, 0.3) is 11.8 Å². The maximum atomic E-state index is 13.1. The smallest absolute Gasteiger partial charge is 0.338 e. The molecule has 0 aliphatic carbocycles. The molecule has 166 valence electrons. The summed E-state index contributed by atoms with van der Waals surface area (Å²) in [6.45, 7) is 2.04. The van der Waals surface area contributed by atoms with E-state index in [2.05, 4.69) is 5.32 Å². The van der Waals surface area contributed by atoms with Crippen molar-refractivity contribution in [3.8, 4) is 11.3 Å². The van der Waals surface area contributed by atoms with Crippen LogP contribution in [-0.2, 0) is 14.3 Å². The first-order chi connectivity index (χ1) is 15.9. The first kappa shape index (κ1) is 22.4. The Bertz CT molecular complexity index is 1280. The van der Waals surface area contributed by atoms with Crippen molar-refractivity contribution in [1.29, 1.82) is 0 Å². The summed E-state index contributed by atoms with van der Waals surface area (Å²) in [5.74, 6) is -0.790. The lowest BCUT2D eigenvalue weighted by atomic mass is 10.1. The number of rotatable bonds is 5. The average Bonchev–Trinajstić information content (AvgIpc) is 3.27. The highest BCUT2D eigenvalue weighted by atomic mass is 35.5. The summed E-state index contributed by atoms with van der Waals surface area (Å²) >= 11 is 11.1. The number of nitrogens with one attached hydrogen (secondary N) is 1. The number of amides is 2. The Hall–Kier alpha value is -3.75. The third-order valence-electron chi connectivity index (χ3n) is 4.78. The number of hydrogen-bond acceptors (Lipinski definition) is 6. The minimum absolute atomic E-state index is 0.0219. The van der Waals surface area contributed by atoms with Gasteiger partial charge in [-0.3, -0.25) is 19.8 Å². The van der Waals surface area contributed by atoms with Gasteiger partial charge in [0.15, 0.2) is 5.11 Å². The maximum absolute atomic E-state index is 13.1. The molecule has 7 nitrogen and oxygen atoms in total. The van der Waals surface area contributed by atoms with Crippen LogP contribution in [0.25, 0.3) is 17.4 Å². The van der Waals surface area contributed by atoms with E-state index in [1.54, 1.807) is 67.6 Å². The summed E-state index contributed by atoms with van der Waals surface area (Å²) in [5.41, 5.74) is 1.49. The third-order valence-corrected chi connectivity index (χ3v) is 5.32. The molecule has 1 aromatic heterocycles. The van der Waals surface area contributed by atoms with Crippen LogP contribution in [-0.4, -0.2) is 29.5 Å². The molecule has 0 spiro atoms. The van der Waals surface area contributed by atoms with E-state index in [-0.39, 0.29) is 10.7 Å². The fraction of sp³-hybridized carbons (Fsp3) is 0.0833. The monoisotopic (exact) mass is 480 g/mol. The Balaban J connectivity index is 1.59. The number of carbonyl (C=O) groups is 3. The van der Waals surface area contributed by atoms with E-state index in [9.17, 15) is 14.4 Å². The number of anilines is 1. The van der Waals surface area contributed by atoms with Crippen molar-refractivity contribution in [2.75, 3.05) is 11.5 Å². The van der Waals surface area contributed by atoms with E-state index >= 15 is 0 Å². The largest absolute Gasteiger partial charge is 0.462 e. The zero-order valence-electron chi connectivity index (χ0n) is 17.3. The molecule has 1 saturated heterocycles. The number of ether oxygens (including phenoxy) is 1. The third kappa shape index (κ3) is 4.72. The van der Waals surface area contributed by atoms with E-state index < -0.39 is 17.8 Å². The predicted molar refractivity (Wildman–Crippen MR) is 128 cm³/mol. The predicted octanol–water partition coefficient (Wildman–Crippen LogP) is 4.61. The molecule has 33 heavy (non-hydrogen) atoms. The minimum Gasteiger partial charge on any atom is -0.462 e. The Kier molecular flexibility index (Phi) is 6.39. The summed E-state index contributed by atoms with van der Waals surface area (Å²) in [6, 6.07) is 16.6. The average molecular weight is 481 g/mol. The van der Waals surface area contributed by atoms with Crippen LogP contribution in [0.15, 0.2) is 70.7 Å². The normalized spacial score (nSPS) is 15.0. The number of esters is 1. The van der Waals surface area contributed by atoms with Gasteiger partial charge in [0.1, 0.15) is 17.1 Å². The summed E-state index contributed by atoms with van der Waals surface area (Å²) < 4.78 is 10.8. The van der Waals surface area contributed by atoms with E-state index in [0.717, 1.165) is 5.56 Å². The Morgan fingerprint density at radius 1 is 1.09 bits per heavy atom. The van der Waals surface area contributed by atoms with Crippen molar-refractivity contribution in [2.24, 2.45) is 0 Å². The van der Waals surface area contributed by atoms with Crippen molar-refractivity contribution in [3.05, 3.63) is 82.6 Å². The number of furan rings is 1. The lowest BCUT2D eigenvalue weighted by Gasteiger charge is -2.28. The van der Waals surface area contributed by atoms with Crippen molar-refractivity contribution in [2.45, 2.75) is 6.92 Å². The lowest BCUT2D eigenvalue weighted by molar-refractivity contribution is -0.122. The SMILES string of the molecule is CCOC(=O)c1ccc(-c2ccc(/C=C3/C(=O)NC(=S)N(c4ccc(Cl)cc4)C3=O)o2)cc1. The van der Waals surface area contributed by atoms with E-state index in [4.69, 9.17) is 33.0 Å². The van der Waals surface area contributed by atoms with Gasteiger partial charge in [-0.25, -0.2) is 4.79 Å². The summed E-state index contributed by atoms with van der Waals surface area (Å²) in [7, 11) is 0. The molecule has 1 aliphatic rings. The molecular weight excluding hydrogens is 464 g/mol. The van der Waals surface area contributed by atoms with Gasteiger partial charge in [-0.05, 0) is 73.7 Å². The lowest BCUT2D eigenvalue weighted by Crippen LogP contribution is -2.54. The molecule has 1 aliphatic heterocycles. The Labute approximate surface area is 199 Å². The maximum Gasteiger partial charge on any atom is 0.338 e. The molecule has 0 atom stereocenters. The number of thiocarbonyl (C=S) groups is 1. The molecule has 1 N–H and O–H groups in total. The first-order valence-corrected chi connectivity index (χ1v) is 10.7. The molecule has 2 heterocycles. The second-order valence-electron chi connectivity index (χ2n) is 6.93. The van der Waals surface area contributed by atoms with Gasteiger partial charge in [-0.15, -0.1) is 0 Å². The van der Waals surface area contributed by atoms with E-state index in [0.29, 0.717) is 34.4 Å². The van der Waals surface area contributed by atoms with Crippen LogP contribution in [0, 0.1) is 0 Å². The number of halogens is 1. The van der Waals surface area contributed by atoms with Gasteiger partial charge in [0.2, 0.25) is 0 Å². The highest BCUT2D eigenvalue weighted by molar-refractivity contribution is 7.80. The van der Waals surface area contributed by atoms with Crippen LogP contribution < -0.4 is 10.2 Å². The van der Waals surface area contributed by atoms with Gasteiger partial charge in [0.05, 0.1) is 17.9 Å². The molecule has 0 saturated carbocycles. The number of nitrogens with zero attached hydrogens (tertiary/aromatic N) is 1. The molecule has 0 radical (unpaired) electrons. The zero-order chi connectivity index (χ0) is 23.5. The molecule has 4 rings (SSSR count). The second kappa shape index (κ2) is 9.40. The summed E-state index contributed by atoms with van der Waals surface area (Å²) in [6.07, 6.45) is 1.36. The van der Waals surface area contributed by atoms with E-state index in [1.807, 2.05) is 0 Å². The van der Waals surface area contributed by atoms with Gasteiger partial charge in [-0.1, -0.05) is 23.7 Å². The summed E-state index contributed by atoms with van der Waals surface area (Å²) in [4.78, 5) is 38.5. The number of hydrogen-bond donors (Lipinski definition) is 1. The fourth-order valence-corrected chi connectivity index (χ4v) is 3.60. The fourth-order valence-electron chi connectivity index (χ4n) is 3.19. The van der Waals surface area contributed by atoms with Crippen LogP contribution in [0.1, 0.15) is 23.0 Å². The van der Waals surface area contributed by atoms with Gasteiger partial charge >= 0.3 is 5.97 Å². The molecule has 2 aromatic carbocycles. The quantitative estimate of drug-likeness (QED) is 0.248. The zero-order valence-corrected chi connectivity index (χ0v) is 18.9. The van der Waals surface area contributed by atoms with Crippen molar-refractivity contribution >= 4 is 58.5 Å². The van der Waals surface area contributed by atoms with Crippen LogP contribution in [0.4, 0.5) is 5.69 Å². The Morgan fingerprint density at radius 3 is 2.45 bits per heavy atom. The van der Waals surface area contributed by atoms with Crippen molar-refractivity contribution < 1.29 is 23.5 Å². The van der Waals surface area contributed by atoms with Crippen LogP contribution in [0.2, 0.25) is 5.02 Å². The van der Waals surface area contributed by atoms with Crippen LogP contribution >= 0.6 is 23.8 Å². The standard InChI is InChI=1S/C24H17ClN2O5S/c1-2-31-23(30)15-5-3-14(4-6-15)20-12-11-18(32-20)13-19-21(28)26-24(33)27(22(19)29)17-9-7-16(25)8-10-17/h3-13H,2H2,1H3,(H,26,28,33)/b19-13-. The molecule has 1 fully saturated rings. The van der Waals surface area contributed by atoms with Gasteiger partial charge in [0, 0.05) is 10.6 Å². The second-order valence-corrected chi connectivity index (χ2v) is 7.76. The summed E-state index contributed by atoms with van der Waals surface area (Å²) in [5, 5.41) is 3.00. The number of benzene rings is 2. The molecule has 2 amide bonds. The Morgan fingerprint density at radius 2 is 1.79 bits per heavy atom. The van der Waals surface area contributed by atoms with Crippen LogP contribution in [0.3, 0.4) is 0 Å². The van der Waals surface area contributed by atoms with Gasteiger partial charge < -0.3 is 9.15 Å². The van der Waals surface area contributed by atoms with E-state index in [1.165, 1.54) is 11.0 Å². The first-order valence-electron chi connectivity index (χ1n) is 9.92. The van der Waals surface area contributed by atoms with Gasteiger partial charge in [-0.2, -0.15) is 0 Å². The number of carbonyl (C=O) groups excluding carboxylic acids is 3. The highest BCUT2D eigenvalue weighted by Gasteiger charge is 2.34. The highest BCUT2D eigenvalue weighted by Crippen LogP contribution is 2.27. The molecule has 9 heteroatoms. The minimum atomic E-state index is -0.619. The topological polar surface area (TPSA) is 88.9 Å². The molecular formula is C24H17ClN2O5S.